The average Bonchev–Trinajstić information content (AvgIpc) is 3.22. The summed E-state index contributed by atoms with van der Waals surface area (Å²) >= 11 is 6.48. The standard InChI is InChI=1S/C21H25ClFN3O/c1-25(2)20(27)14-6-9-21(23,10-7-14)11-8-17-19-15(4-3-5-16(19)22)18-12-24-13-26(17)18/h3-5,12-14,17H,6-11H2,1-2H3/t14?,17-,21?/m0/s1. The highest BCUT2D eigenvalue weighted by Gasteiger charge is 2.39. The topological polar surface area (TPSA) is 38.1 Å². The van der Waals surface area contributed by atoms with E-state index in [1.807, 2.05) is 24.7 Å². The molecule has 0 bridgehead atoms. The van der Waals surface area contributed by atoms with E-state index in [4.69, 9.17) is 11.6 Å². The molecule has 0 saturated heterocycles. The lowest BCUT2D eigenvalue weighted by Crippen LogP contribution is -2.37. The molecule has 2 aliphatic rings. The first kappa shape index (κ1) is 18.5. The lowest BCUT2D eigenvalue weighted by Gasteiger charge is -2.35. The molecule has 0 spiro atoms. The predicted octanol–water partition coefficient (Wildman–Crippen LogP) is 4.87. The number of hydrogen-bond donors (Lipinski definition) is 0. The average molecular weight is 390 g/mol. The van der Waals surface area contributed by atoms with Gasteiger partial charge in [0, 0.05) is 36.2 Å². The van der Waals surface area contributed by atoms with Crippen LogP contribution >= 0.6 is 11.6 Å². The first-order chi connectivity index (χ1) is 12.9. The molecule has 27 heavy (non-hydrogen) atoms. The Morgan fingerprint density at radius 2 is 2.11 bits per heavy atom. The highest BCUT2D eigenvalue weighted by atomic mass is 35.5. The summed E-state index contributed by atoms with van der Waals surface area (Å²) in [4.78, 5) is 18.0. The van der Waals surface area contributed by atoms with Crippen molar-refractivity contribution in [2.75, 3.05) is 14.1 Å². The number of fused-ring (bicyclic) bond motifs is 3. The Morgan fingerprint density at radius 3 is 2.81 bits per heavy atom. The van der Waals surface area contributed by atoms with Crippen LogP contribution in [0.1, 0.15) is 50.1 Å². The molecule has 1 fully saturated rings. The Labute approximate surface area is 164 Å². The van der Waals surface area contributed by atoms with Crippen molar-refractivity contribution in [3.8, 4) is 11.3 Å². The van der Waals surface area contributed by atoms with Crippen LogP contribution in [0.25, 0.3) is 11.3 Å². The molecular formula is C21H25ClFN3O. The molecule has 1 aliphatic carbocycles. The van der Waals surface area contributed by atoms with Crippen molar-refractivity contribution in [1.82, 2.24) is 14.5 Å². The van der Waals surface area contributed by atoms with Gasteiger partial charge in [-0.1, -0.05) is 23.7 Å². The molecule has 2 heterocycles. The summed E-state index contributed by atoms with van der Waals surface area (Å²) in [5.74, 6) is 0.0855. The van der Waals surface area contributed by atoms with Crippen molar-refractivity contribution in [2.45, 2.75) is 50.2 Å². The maximum atomic E-state index is 15.5. The Balaban J connectivity index is 1.46. The number of rotatable bonds is 4. The van der Waals surface area contributed by atoms with Gasteiger partial charge in [-0.15, -0.1) is 0 Å². The number of halogens is 2. The molecule has 1 aliphatic heterocycles. The molecule has 4 rings (SSSR count). The highest BCUT2D eigenvalue weighted by Crippen LogP contribution is 2.47. The molecule has 1 aromatic heterocycles. The monoisotopic (exact) mass is 389 g/mol. The molecule has 0 unspecified atom stereocenters. The van der Waals surface area contributed by atoms with E-state index < -0.39 is 5.67 Å². The van der Waals surface area contributed by atoms with Gasteiger partial charge in [-0.25, -0.2) is 9.37 Å². The third-order valence-corrected chi connectivity index (χ3v) is 6.53. The molecule has 6 heteroatoms. The van der Waals surface area contributed by atoms with E-state index in [-0.39, 0.29) is 17.9 Å². The second-order valence-corrected chi connectivity index (χ2v) is 8.51. The van der Waals surface area contributed by atoms with E-state index in [0.717, 1.165) is 21.8 Å². The van der Waals surface area contributed by atoms with Crippen molar-refractivity contribution in [2.24, 2.45) is 5.92 Å². The van der Waals surface area contributed by atoms with Gasteiger partial charge < -0.3 is 9.47 Å². The zero-order valence-electron chi connectivity index (χ0n) is 15.8. The van der Waals surface area contributed by atoms with Crippen LogP contribution in [-0.2, 0) is 4.79 Å². The molecule has 144 valence electrons. The first-order valence-electron chi connectivity index (χ1n) is 9.60. The minimum atomic E-state index is -1.20. The maximum absolute atomic E-state index is 15.5. The SMILES string of the molecule is CN(C)C(=O)C1CCC(F)(CC[C@H]2c3c(Cl)cccc3-c3cncn32)CC1. The molecule has 1 saturated carbocycles. The third kappa shape index (κ3) is 3.27. The summed E-state index contributed by atoms with van der Waals surface area (Å²) in [6.07, 6.45) is 6.99. The summed E-state index contributed by atoms with van der Waals surface area (Å²) in [7, 11) is 3.53. The molecule has 2 aromatic rings. The minimum absolute atomic E-state index is 0.0277. The number of carbonyl (C=O) groups excluding carboxylic acids is 1. The Morgan fingerprint density at radius 1 is 1.37 bits per heavy atom. The van der Waals surface area contributed by atoms with Crippen LogP contribution in [0.2, 0.25) is 5.02 Å². The zero-order chi connectivity index (χ0) is 19.2. The number of imidazole rings is 1. The fourth-order valence-electron chi connectivity index (χ4n) is 4.68. The normalized spacial score (nSPS) is 26.5. The molecule has 1 amide bonds. The van der Waals surface area contributed by atoms with Crippen molar-refractivity contribution >= 4 is 17.5 Å². The van der Waals surface area contributed by atoms with Crippen molar-refractivity contribution in [1.29, 1.82) is 0 Å². The van der Waals surface area contributed by atoms with Crippen molar-refractivity contribution in [3.63, 3.8) is 0 Å². The van der Waals surface area contributed by atoms with Crippen LogP contribution in [-0.4, -0.2) is 40.1 Å². The van der Waals surface area contributed by atoms with E-state index in [2.05, 4.69) is 15.6 Å². The predicted molar refractivity (Wildman–Crippen MR) is 105 cm³/mol. The number of carbonyl (C=O) groups is 1. The quantitative estimate of drug-likeness (QED) is 0.747. The van der Waals surface area contributed by atoms with Crippen LogP contribution in [0.3, 0.4) is 0 Å². The molecule has 1 aromatic carbocycles. The Kier molecular flexibility index (Phi) is 4.75. The minimum Gasteiger partial charge on any atom is -0.349 e. The molecule has 1 atom stereocenters. The van der Waals surface area contributed by atoms with E-state index in [1.165, 1.54) is 0 Å². The van der Waals surface area contributed by atoms with Crippen molar-refractivity contribution in [3.05, 3.63) is 41.3 Å². The Bertz CT molecular complexity index is 855. The van der Waals surface area contributed by atoms with Gasteiger partial charge in [-0.2, -0.15) is 0 Å². The van der Waals surface area contributed by atoms with Crippen LogP contribution in [0.15, 0.2) is 30.7 Å². The van der Waals surface area contributed by atoms with E-state index in [1.54, 1.807) is 19.0 Å². The van der Waals surface area contributed by atoms with Crippen LogP contribution in [0.5, 0.6) is 0 Å². The largest absolute Gasteiger partial charge is 0.349 e. The summed E-state index contributed by atoms with van der Waals surface area (Å²) in [6, 6.07) is 5.93. The van der Waals surface area contributed by atoms with E-state index >= 15 is 4.39 Å². The van der Waals surface area contributed by atoms with Gasteiger partial charge >= 0.3 is 0 Å². The van der Waals surface area contributed by atoms with Gasteiger partial charge in [0.2, 0.25) is 5.91 Å². The number of alkyl halides is 1. The van der Waals surface area contributed by atoms with Gasteiger partial charge in [0.15, 0.2) is 0 Å². The van der Waals surface area contributed by atoms with Crippen molar-refractivity contribution < 1.29 is 9.18 Å². The van der Waals surface area contributed by atoms with Gasteiger partial charge in [0.1, 0.15) is 5.67 Å². The van der Waals surface area contributed by atoms with Crippen LogP contribution < -0.4 is 0 Å². The van der Waals surface area contributed by atoms with Gasteiger partial charge in [-0.05, 0) is 44.6 Å². The van der Waals surface area contributed by atoms with E-state index in [9.17, 15) is 4.79 Å². The highest BCUT2D eigenvalue weighted by molar-refractivity contribution is 6.32. The molecule has 0 radical (unpaired) electrons. The molecule has 4 nitrogen and oxygen atoms in total. The lowest BCUT2D eigenvalue weighted by atomic mass is 9.76. The van der Waals surface area contributed by atoms with Crippen LogP contribution in [0, 0.1) is 5.92 Å². The van der Waals surface area contributed by atoms with E-state index in [0.29, 0.717) is 38.5 Å². The lowest BCUT2D eigenvalue weighted by molar-refractivity contribution is -0.135. The summed E-state index contributed by atoms with van der Waals surface area (Å²) in [6.45, 7) is 0. The maximum Gasteiger partial charge on any atom is 0.225 e. The smallest absolute Gasteiger partial charge is 0.225 e. The zero-order valence-corrected chi connectivity index (χ0v) is 16.5. The fourth-order valence-corrected chi connectivity index (χ4v) is 4.98. The molecular weight excluding hydrogens is 365 g/mol. The second-order valence-electron chi connectivity index (χ2n) is 8.10. The fraction of sp³-hybridized carbons (Fsp3) is 0.524. The second kappa shape index (κ2) is 6.93. The van der Waals surface area contributed by atoms with Gasteiger partial charge in [0.05, 0.1) is 24.3 Å². The number of aromatic nitrogens is 2. The summed E-state index contributed by atoms with van der Waals surface area (Å²) < 4.78 is 17.6. The van der Waals surface area contributed by atoms with Crippen LogP contribution in [0.4, 0.5) is 4.39 Å². The number of benzene rings is 1. The number of hydrogen-bond acceptors (Lipinski definition) is 2. The summed E-state index contributed by atoms with van der Waals surface area (Å²) in [5.41, 5.74) is 2.02. The summed E-state index contributed by atoms with van der Waals surface area (Å²) in [5, 5.41) is 0.731. The van der Waals surface area contributed by atoms with Gasteiger partial charge in [-0.3, -0.25) is 4.79 Å². The first-order valence-corrected chi connectivity index (χ1v) is 9.98. The Hall–Kier alpha value is -1.88. The third-order valence-electron chi connectivity index (χ3n) is 6.20. The number of nitrogens with zero attached hydrogens (tertiary/aromatic N) is 3. The molecule has 0 N–H and O–H groups in total. The number of amides is 1. The van der Waals surface area contributed by atoms with Gasteiger partial charge in [0.25, 0.3) is 0 Å².